The van der Waals surface area contributed by atoms with E-state index in [-0.39, 0.29) is 17.2 Å². The molecule has 1 aromatic heterocycles. The zero-order valence-electron chi connectivity index (χ0n) is 16.2. The SMILES string of the molecule is CS(=O)(=O)c1ccc(OCCCC(=O)Nc2nc3cc4c(cc3s2)OCCO4)cc1. The summed E-state index contributed by atoms with van der Waals surface area (Å²) in [6.45, 7) is 1.37. The number of nitrogens with zero attached hydrogens (tertiary/aromatic N) is 1. The largest absolute Gasteiger partial charge is 0.494 e. The van der Waals surface area contributed by atoms with Crippen LogP contribution in [0.25, 0.3) is 10.2 Å². The summed E-state index contributed by atoms with van der Waals surface area (Å²) in [5, 5.41) is 3.33. The first-order chi connectivity index (χ1) is 14.4. The average Bonchev–Trinajstić information content (AvgIpc) is 3.10. The Morgan fingerprint density at radius 2 is 1.87 bits per heavy atom. The Bertz CT molecular complexity index is 1130. The van der Waals surface area contributed by atoms with Crippen LogP contribution >= 0.6 is 11.3 Å². The number of thiazole rings is 1. The first-order valence-electron chi connectivity index (χ1n) is 9.31. The van der Waals surface area contributed by atoms with Crippen LogP contribution in [-0.4, -0.2) is 45.4 Å². The molecule has 0 bridgehead atoms. The second kappa shape index (κ2) is 8.49. The van der Waals surface area contributed by atoms with E-state index in [2.05, 4.69) is 10.3 Å². The van der Waals surface area contributed by atoms with E-state index in [1.54, 1.807) is 12.1 Å². The van der Waals surface area contributed by atoms with Gasteiger partial charge in [-0.25, -0.2) is 13.4 Å². The Hall–Kier alpha value is -2.85. The molecule has 1 N–H and O–H groups in total. The lowest BCUT2D eigenvalue weighted by Gasteiger charge is -2.17. The van der Waals surface area contributed by atoms with Crippen molar-refractivity contribution in [2.75, 3.05) is 31.4 Å². The van der Waals surface area contributed by atoms with Gasteiger partial charge >= 0.3 is 0 Å². The molecular weight excluding hydrogens is 428 g/mol. The Kier molecular flexibility index (Phi) is 5.78. The zero-order chi connectivity index (χ0) is 21.1. The minimum atomic E-state index is -3.23. The molecule has 4 rings (SSSR count). The summed E-state index contributed by atoms with van der Waals surface area (Å²) in [6.07, 6.45) is 1.95. The van der Waals surface area contributed by atoms with Crippen LogP contribution in [0.3, 0.4) is 0 Å². The molecule has 158 valence electrons. The number of hydrogen-bond donors (Lipinski definition) is 1. The van der Waals surface area contributed by atoms with E-state index in [1.165, 1.54) is 23.5 Å². The third kappa shape index (κ3) is 4.82. The Labute approximate surface area is 177 Å². The van der Waals surface area contributed by atoms with E-state index in [4.69, 9.17) is 14.2 Å². The Morgan fingerprint density at radius 3 is 2.57 bits per heavy atom. The number of nitrogens with one attached hydrogen (secondary N) is 1. The van der Waals surface area contributed by atoms with Crippen LogP contribution in [0.15, 0.2) is 41.3 Å². The molecule has 0 fully saturated rings. The molecule has 1 aliphatic heterocycles. The monoisotopic (exact) mass is 448 g/mol. The second-order valence-corrected chi connectivity index (χ2v) is 9.77. The van der Waals surface area contributed by atoms with Gasteiger partial charge in [-0.3, -0.25) is 4.79 Å². The molecular formula is C20H20N2O6S2. The third-order valence-corrected chi connectivity index (χ3v) is 6.43. The van der Waals surface area contributed by atoms with E-state index < -0.39 is 9.84 Å². The summed E-state index contributed by atoms with van der Waals surface area (Å²) in [4.78, 5) is 16.9. The number of benzene rings is 2. The Balaban J connectivity index is 1.27. The molecule has 3 aromatic rings. The number of ether oxygens (including phenoxy) is 3. The number of amides is 1. The molecule has 0 unspecified atom stereocenters. The van der Waals surface area contributed by atoms with Crippen LogP contribution in [0, 0.1) is 0 Å². The van der Waals surface area contributed by atoms with Crippen molar-refractivity contribution < 1.29 is 27.4 Å². The minimum Gasteiger partial charge on any atom is -0.494 e. The van der Waals surface area contributed by atoms with Gasteiger partial charge in [-0.1, -0.05) is 11.3 Å². The molecule has 0 atom stereocenters. The van der Waals surface area contributed by atoms with Crippen molar-refractivity contribution in [2.45, 2.75) is 17.7 Å². The molecule has 0 aliphatic carbocycles. The van der Waals surface area contributed by atoms with Crippen molar-refractivity contribution in [1.29, 1.82) is 0 Å². The van der Waals surface area contributed by atoms with Crippen molar-refractivity contribution in [3.8, 4) is 17.2 Å². The number of carbonyl (C=O) groups is 1. The van der Waals surface area contributed by atoms with Gasteiger partial charge in [-0.15, -0.1) is 0 Å². The van der Waals surface area contributed by atoms with Crippen molar-refractivity contribution in [2.24, 2.45) is 0 Å². The van der Waals surface area contributed by atoms with E-state index in [9.17, 15) is 13.2 Å². The molecule has 1 amide bonds. The van der Waals surface area contributed by atoms with Crippen LogP contribution in [-0.2, 0) is 14.6 Å². The number of sulfone groups is 1. The highest BCUT2D eigenvalue weighted by molar-refractivity contribution is 7.90. The molecule has 2 heterocycles. The Morgan fingerprint density at radius 1 is 1.17 bits per heavy atom. The predicted octanol–water partition coefficient (Wildman–Crippen LogP) is 3.27. The molecule has 8 nitrogen and oxygen atoms in total. The summed E-state index contributed by atoms with van der Waals surface area (Å²) in [6, 6.07) is 9.89. The van der Waals surface area contributed by atoms with Gasteiger partial charge in [0.1, 0.15) is 19.0 Å². The van der Waals surface area contributed by atoms with Gasteiger partial charge < -0.3 is 19.5 Å². The average molecular weight is 449 g/mol. The van der Waals surface area contributed by atoms with Crippen LogP contribution in [0.4, 0.5) is 5.13 Å². The van der Waals surface area contributed by atoms with Crippen LogP contribution in [0.2, 0.25) is 0 Å². The van der Waals surface area contributed by atoms with Gasteiger partial charge in [0.05, 0.1) is 21.7 Å². The molecule has 1 aliphatic rings. The van der Waals surface area contributed by atoms with Crippen molar-refractivity contribution in [3.63, 3.8) is 0 Å². The highest BCUT2D eigenvalue weighted by Gasteiger charge is 2.16. The summed E-state index contributed by atoms with van der Waals surface area (Å²) >= 11 is 1.38. The van der Waals surface area contributed by atoms with Gasteiger partial charge in [0.2, 0.25) is 5.91 Å². The molecule has 0 saturated heterocycles. The normalized spacial score (nSPS) is 13.2. The second-order valence-electron chi connectivity index (χ2n) is 6.73. The van der Waals surface area contributed by atoms with Gasteiger partial charge in [0.25, 0.3) is 0 Å². The molecule has 10 heteroatoms. The first kappa shape index (κ1) is 20.4. The maximum Gasteiger partial charge on any atom is 0.226 e. The first-order valence-corrected chi connectivity index (χ1v) is 12.0. The van der Waals surface area contributed by atoms with E-state index in [1.807, 2.05) is 12.1 Å². The molecule has 0 radical (unpaired) electrons. The minimum absolute atomic E-state index is 0.151. The lowest BCUT2D eigenvalue weighted by Crippen LogP contribution is -2.15. The molecule has 0 saturated carbocycles. The van der Waals surface area contributed by atoms with Gasteiger partial charge in [0.15, 0.2) is 26.5 Å². The van der Waals surface area contributed by atoms with E-state index in [0.29, 0.717) is 48.6 Å². The number of anilines is 1. The van der Waals surface area contributed by atoms with Crippen molar-refractivity contribution >= 4 is 42.4 Å². The number of fused-ring (bicyclic) bond motifs is 2. The summed E-state index contributed by atoms with van der Waals surface area (Å²) < 4.78 is 40.5. The lowest BCUT2D eigenvalue weighted by molar-refractivity contribution is -0.116. The van der Waals surface area contributed by atoms with Gasteiger partial charge in [0, 0.05) is 24.8 Å². The molecule has 0 spiro atoms. The fraction of sp³-hybridized carbons (Fsp3) is 0.300. The highest BCUT2D eigenvalue weighted by Crippen LogP contribution is 2.37. The quantitative estimate of drug-likeness (QED) is 0.553. The summed E-state index contributed by atoms with van der Waals surface area (Å²) in [5.41, 5.74) is 0.750. The highest BCUT2D eigenvalue weighted by atomic mass is 32.2. The molecule has 2 aromatic carbocycles. The predicted molar refractivity (Wildman–Crippen MR) is 114 cm³/mol. The number of aromatic nitrogens is 1. The maximum absolute atomic E-state index is 12.2. The fourth-order valence-corrected chi connectivity index (χ4v) is 4.43. The standard InChI is InChI=1S/C20H20N2O6S2/c1-30(24,25)14-6-4-13(5-7-14)26-8-2-3-19(23)22-20-21-15-11-16-17(12-18(15)29-20)28-10-9-27-16/h4-7,11-12H,2-3,8-10H2,1H3,(H,21,22,23). The smallest absolute Gasteiger partial charge is 0.226 e. The van der Waals surface area contributed by atoms with Crippen LogP contribution < -0.4 is 19.5 Å². The number of carbonyl (C=O) groups excluding carboxylic acids is 1. The zero-order valence-corrected chi connectivity index (χ0v) is 17.8. The number of hydrogen-bond acceptors (Lipinski definition) is 8. The maximum atomic E-state index is 12.2. The van der Waals surface area contributed by atoms with E-state index in [0.717, 1.165) is 16.5 Å². The summed E-state index contributed by atoms with van der Waals surface area (Å²) in [5.74, 6) is 1.76. The topological polar surface area (TPSA) is 104 Å². The fourth-order valence-electron chi connectivity index (χ4n) is 2.91. The van der Waals surface area contributed by atoms with Gasteiger partial charge in [-0.2, -0.15) is 0 Å². The summed E-state index contributed by atoms with van der Waals surface area (Å²) in [7, 11) is -3.23. The third-order valence-electron chi connectivity index (χ3n) is 4.37. The van der Waals surface area contributed by atoms with Crippen LogP contribution in [0.1, 0.15) is 12.8 Å². The van der Waals surface area contributed by atoms with Crippen molar-refractivity contribution in [3.05, 3.63) is 36.4 Å². The van der Waals surface area contributed by atoms with E-state index >= 15 is 0 Å². The number of rotatable bonds is 7. The van der Waals surface area contributed by atoms with Crippen molar-refractivity contribution in [1.82, 2.24) is 4.98 Å². The molecule has 30 heavy (non-hydrogen) atoms. The lowest BCUT2D eigenvalue weighted by atomic mass is 10.3. The van der Waals surface area contributed by atoms with Crippen LogP contribution in [0.5, 0.6) is 17.2 Å². The van der Waals surface area contributed by atoms with Gasteiger partial charge in [-0.05, 0) is 30.7 Å².